The van der Waals surface area contributed by atoms with E-state index in [1.807, 2.05) is 66.3 Å². The van der Waals surface area contributed by atoms with Gasteiger partial charge in [0.15, 0.2) is 0 Å². The van der Waals surface area contributed by atoms with Gasteiger partial charge >= 0.3 is 0 Å². The number of aromatic nitrogens is 1. The maximum atomic E-state index is 12.6. The van der Waals surface area contributed by atoms with Crippen molar-refractivity contribution in [3.8, 4) is 0 Å². The average molecular weight is 318 g/mol. The fourth-order valence-corrected chi connectivity index (χ4v) is 3.15. The first kappa shape index (κ1) is 16.1. The van der Waals surface area contributed by atoms with Crippen LogP contribution in [0.2, 0.25) is 0 Å². The van der Waals surface area contributed by atoms with Crippen LogP contribution in [-0.2, 0) is 7.05 Å². The molecule has 0 saturated heterocycles. The highest BCUT2D eigenvalue weighted by atomic mass is 16.2. The van der Waals surface area contributed by atoms with Gasteiger partial charge in [-0.2, -0.15) is 0 Å². The van der Waals surface area contributed by atoms with Crippen LogP contribution in [0, 0.1) is 0 Å². The van der Waals surface area contributed by atoms with E-state index in [-0.39, 0.29) is 17.9 Å². The van der Waals surface area contributed by atoms with E-state index in [0.29, 0.717) is 5.69 Å². The van der Waals surface area contributed by atoms with Crippen molar-refractivity contribution in [1.82, 2.24) is 9.88 Å². The van der Waals surface area contributed by atoms with E-state index >= 15 is 0 Å². The SMILES string of the molecule is CC(NC(=O)c1cccn1C)C(c1ccccc1)c1ccccc1. The first-order valence-electron chi connectivity index (χ1n) is 8.19. The summed E-state index contributed by atoms with van der Waals surface area (Å²) in [6, 6.07) is 24.3. The molecule has 0 aliphatic rings. The van der Waals surface area contributed by atoms with Crippen molar-refractivity contribution in [2.45, 2.75) is 18.9 Å². The van der Waals surface area contributed by atoms with Gasteiger partial charge in [0.2, 0.25) is 0 Å². The molecule has 0 radical (unpaired) electrons. The Morgan fingerprint density at radius 2 is 1.42 bits per heavy atom. The molecule has 3 aromatic rings. The molecule has 3 heteroatoms. The molecule has 3 nitrogen and oxygen atoms in total. The number of amides is 1. The first-order valence-corrected chi connectivity index (χ1v) is 8.19. The second kappa shape index (κ2) is 7.18. The largest absolute Gasteiger partial charge is 0.347 e. The highest BCUT2D eigenvalue weighted by Gasteiger charge is 2.23. The normalized spacial score (nSPS) is 12.1. The Labute approximate surface area is 143 Å². The maximum Gasteiger partial charge on any atom is 0.268 e. The lowest BCUT2D eigenvalue weighted by atomic mass is 9.86. The molecule has 122 valence electrons. The van der Waals surface area contributed by atoms with Crippen LogP contribution in [0.15, 0.2) is 79.0 Å². The third-order valence-electron chi connectivity index (χ3n) is 4.35. The van der Waals surface area contributed by atoms with Crippen molar-refractivity contribution in [2.24, 2.45) is 7.05 Å². The summed E-state index contributed by atoms with van der Waals surface area (Å²) in [5, 5.41) is 3.16. The zero-order valence-electron chi connectivity index (χ0n) is 14.0. The van der Waals surface area contributed by atoms with Crippen LogP contribution in [0.25, 0.3) is 0 Å². The van der Waals surface area contributed by atoms with Gasteiger partial charge in [-0.3, -0.25) is 4.79 Å². The Bertz CT molecular complexity index is 753. The highest BCUT2D eigenvalue weighted by Crippen LogP contribution is 2.28. The second-order valence-electron chi connectivity index (χ2n) is 6.07. The Morgan fingerprint density at radius 3 is 1.88 bits per heavy atom. The number of carbonyl (C=O) groups excluding carboxylic acids is 1. The molecule has 2 aromatic carbocycles. The van der Waals surface area contributed by atoms with Gasteiger partial charge in [0.1, 0.15) is 5.69 Å². The molecule has 0 bridgehead atoms. The van der Waals surface area contributed by atoms with Gasteiger partial charge in [-0.1, -0.05) is 60.7 Å². The van der Waals surface area contributed by atoms with Gasteiger partial charge in [0.05, 0.1) is 0 Å². The first-order chi connectivity index (χ1) is 11.7. The van der Waals surface area contributed by atoms with Crippen LogP contribution in [-0.4, -0.2) is 16.5 Å². The second-order valence-corrected chi connectivity index (χ2v) is 6.07. The van der Waals surface area contributed by atoms with E-state index in [2.05, 4.69) is 36.5 Å². The number of rotatable bonds is 5. The third kappa shape index (κ3) is 3.40. The summed E-state index contributed by atoms with van der Waals surface area (Å²) in [6.07, 6.45) is 1.88. The Balaban J connectivity index is 1.88. The van der Waals surface area contributed by atoms with Crippen LogP contribution < -0.4 is 5.32 Å². The molecule has 1 amide bonds. The van der Waals surface area contributed by atoms with Gasteiger partial charge in [-0.15, -0.1) is 0 Å². The smallest absolute Gasteiger partial charge is 0.268 e. The number of hydrogen-bond acceptors (Lipinski definition) is 1. The summed E-state index contributed by atoms with van der Waals surface area (Å²) in [5.74, 6) is 0.0588. The quantitative estimate of drug-likeness (QED) is 0.758. The Kier molecular flexibility index (Phi) is 4.80. The Morgan fingerprint density at radius 1 is 0.875 bits per heavy atom. The molecule has 1 heterocycles. The van der Waals surface area contributed by atoms with Crippen LogP contribution in [0.3, 0.4) is 0 Å². The maximum absolute atomic E-state index is 12.6. The predicted octanol–water partition coefficient (Wildman–Crippen LogP) is 3.98. The molecule has 0 aliphatic carbocycles. The zero-order chi connectivity index (χ0) is 16.9. The van der Waals surface area contributed by atoms with Crippen LogP contribution in [0.5, 0.6) is 0 Å². The fraction of sp³-hybridized carbons (Fsp3) is 0.190. The number of carbonyl (C=O) groups is 1. The summed E-state index contributed by atoms with van der Waals surface area (Å²) >= 11 is 0. The minimum absolute atomic E-state index is 0.0304. The molecule has 1 atom stereocenters. The van der Waals surface area contributed by atoms with Crippen molar-refractivity contribution in [3.63, 3.8) is 0 Å². The lowest BCUT2D eigenvalue weighted by Gasteiger charge is -2.26. The number of hydrogen-bond donors (Lipinski definition) is 1. The third-order valence-corrected chi connectivity index (χ3v) is 4.35. The number of nitrogens with zero attached hydrogens (tertiary/aromatic N) is 1. The molecule has 3 rings (SSSR count). The van der Waals surface area contributed by atoms with Crippen molar-refractivity contribution in [3.05, 3.63) is 95.8 Å². The van der Waals surface area contributed by atoms with E-state index in [9.17, 15) is 4.79 Å². The van der Waals surface area contributed by atoms with Crippen molar-refractivity contribution in [1.29, 1.82) is 0 Å². The summed E-state index contributed by atoms with van der Waals surface area (Å²) < 4.78 is 1.84. The Hall–Kier alpha value is -2.81. The molecule has 1 unspecified atom stereocenters. The van der Waals surface area contributed by atoms with Gasteiger partial charge in [0.25, 0.3) is 5.91 Å². The van der Waals surface area contributed by atoms with Crippen LogP contribution in [0.1, 0.15) is 34.5 Å². The molecule has 1 aromatic heterocycles. The van der Waals surface area contributed by atoms with Crippen LogP contribution in [0.4, 0.5) is 0 Å². The molecular formula is C21H22N2O. The van der Waals surface area contributed by atoms with Gasteiger partial charge in [0, 0.05) is 25.2 Å². The standard InChI is InChI=1S/C21H22N2O/c1-16(22-21(24)19-14-9-15-23(19)2)20(17-10-5-3-6-11-17)18-12-7-4-8-13-18/h3-16,20H,1-2H3,(H,22,24). The summed E-state index contributed by atoms with van der Waals surface area (Å²) in [5.41, 5.74) is 3.06. The molecule has 0 saturated carbocycles. The van der Waals surface area contributed by atoms with E-state index in [4.69, 9.17) is 0 Å². The topological polar surface area (TPSA) is 34.0 Å². The number of nitrogens with one attached hydrogen (secondary N) is 1. The minimum Gasteiger partial charge on any atom is -0.347 e. The van der Waals surface area contributed by atoms with E-state index in [1.54, 1.807) is 0 Å². The fourth-order valence-electron chi connectivity index (χ4n) is 3.15. The molecule has 0 fully saturated rings. The molecular weight excluding hydrogens is 296 g/mol. The monoisotopic (exact) mass is 318 g/mol. The van der Waals surface area contributed by atoms with Crippen molar-refractivity contribution in [2.75, 3.05) is 0 Å². The summed E-state index contributed by atoms with van der Waals surface area (Å²) in [4.78, 5) is 12.6. The predicted molar refractivity (Wildman–Crippen MR) is 97.1 cm³/mol. The summed E-state index contributed by atoms with van der Waals surface area (Å²) in [6.45, 7) is 2.06. The minimum atomic E-state index is -0.0492. The molecule has 0 spiro atoms. The summed E-state index contributed by atoms with van der Waals surface area (Å²) in [7, 11) is 1.88. The van der Waals surface area contributed by atoms with E-state index < -0.39 is 0 Å². The molecule has 0 aliphatic heterocycles. The highest BCUT2D eigenvalue weighted by molar-refractivity contribution is 5.93. The zero-order valence-corrected chi connectivity index (χ0v) is 14.0. The average Bonchev–Trinajstić information content (AvgIpc) is 3.03. The van der Waals surface area contributed by atoms with E-state index in [0.717, 1.165) is 0 Å². The number of benzene rings is 2. The van der Waals surface area contributed by atoms with E-state index in [1.165, 1.54) is 11.1 Å². The van der Waals surface area contributed by atoms with Crippen molar-refractivity contribution >= 4 is 5.91 Å². The lowest BCUT2D eigenvalue weighted by molar-refractivity contribution is 0.0929. The lowest BCUT2D eigenvalue weighted by Crippen LogP contribution is -2.38. The van der Waals surface area contributed by atoms with Gasteiger partial charge in [-0.25, -0.2) is 0 Å². The molecule has 24 heavy (non-hydrogen) atoms. The van der Waals surface area contributed by atoms with Crippen molar-refractivity contribution < 1.29 is 4.79 Å². The van der Waals surface area contributed by atoms with Crippen LogP contribution >= 0.6 is 0 Å². The van der Waals surface area contributed by atoms with Gasteiger partial charge < -0.3 is 9.88 Å². The molecule has 1 N–H and O–H groups in total. The number of aryl methyl sites for hydroxylation is 1. The van der Waals surface area contributed by atoms with Gasteiger partial charge in [-0.05, 0) is 30.2 Å².